The lowest BCUT2D eigenvalue weighted by Crippen LogP contribution is -2.60. The number of carbonyl (C=O) groups is 1. The minimum atomic E-state index is -1.56. The van der Waals surface area contributed by atoms with E-state index in [2.05, 4.69) is 116 Å². The smallest absolute Gasteiger partial charge is 0.220 e. The molecule has 0 aliphatic carbocycles. The van der Waals surface area contributed by atoms with Gasteiger partial charge in [0, 0.05) is 6.42 Å². The first-order valence-corrected chi connectivity index (χ1v) is 36.9. The number of aliphatic hydroxyl groups excluding tert-OH is 5. The Hall–Kier alpha value is -2.89. The van der Waals surface area contributed by atoms with Crippen LogP contribution < -0.4 is 5.32 Å². The van der Waals surface area contributed by atoms with Gasteiger partial charge in [-0.15, -0.1) is 0 Å². The van der Waals surface area contributed by atoms with Gasteiger partial charge in [0.2, 0.25) is 5.91 Å². The third-order valence-electron chi connectivity index (χ3n) is 17.2. The SMILES string of the molecule is CC/C=C\C/C=C\C/C=C\C/C=C\C/C=C\C/C=C\C/C=C\C/C=C\CCCCCCCCCCCCCCCCCCC(=O)NC(COC1OC(CO)C(O)C(O)C1O)C(O)CCCCCCCCCCCCCCCCCCCCCCCCC. The maximum absolute atomic E-state index is 13.2. The molecule has 6 N–H and O–H groups in total. The Morgan fingerprint density at radius 1 is 0.402 bits per heavy atom. The molecule has 0 bridgehead atoms. The Morgan fingerprint density at radius 2 is 0.713 bits per heavy atom. The fraction of sp³-hybridized carbons (Fsp3) is 0.782. The molecule has 0 spiro atoms. The van der Waals surface area contributed by atoms with Crippen LogP contribution in [0.2, 0.25) is 0 Å². The van der Waals surface area contributed by atoms with E-state index < -0.39 is 49.5 Å². The first kappa shape index (κ1) is 82.1. The average Bonchev–Trinajstić information content (AvgIpc) is 3.47. The van der Waals surface area contributed by atoms with Crippen LogP contribution in [-0.4, -0.2) is 87.5 Å². The molecule has 1 aliphatic heterocycles. The molecule has 9 nitrogen and oxygen atoms in total. The molecule has 9 heteroatoms. The number of rotatable bonds is 64. The summed E-state index contributed by atoms with van der Waals surface area (Å²) in [6.07, 6.45) is 89.1. The lowest BCUT2D eigenvalue weighted by atomic mass is 9.99. The summed E-state index contributed by atoms with van der Waals surface area (Å²) in [5, 5.41) is 55.0. The van der Waals surface area contributed by atoms with Crippen molar-refractivity contribution in [1.82, 2.24) is 5.32 Å². The predicted molar refractivity (Wildman–Crippen MR) is 373 cm³/mol. The molecule has 1 heterocycles. The van der Waals surface area contributed by atoms with E-state index in [4.69, 9.17) is 9.47 Å². The van der Waals surface area contributed by atoms with Crippen LogP contribution in [0.3, 0.4) is 0 Å². The van der Waals surface area contributed by atoms with Crippen LogP contribution in [0, 0.1) is 0 Å². The minimum Gasteiger partial charge on any atom is -0.394 e. The molecule has 504 valence electrons. The zero-order valence-corrected chi connectivity index (χ0v) is 56.5. The Bertz CT molecular complexity index is 1700. The van der Waals surface area contributed by atoms with Crippen LogP contribution in [0.15, 0.2) is 97.2 Å². The number of nitrogens with one attached hydrogen (secondary N) is 1. The fourth-order valence-corrected chi connectivity index (χ4v) is 11.5. The van der Waals surface area contributed by atoms with Crippen molar-refractivity contribution >= 4 is 5.91 Å². The van der Waals surface area contributed by atoms with E-state index in [9.17, 15) is 30.3 Å². The van der Waals surface area contributed by atoms with Gasteiger partial charge >= 0.3 is 0 Å². The molecule has 1 fully saturated rings. The lowest BCUT2D eigenvalue weighted by molar-refractivity contribution is -0.302. The number of hydrogen-bond donors (Lipinski definition) is 6. The third-order valence-corrected chi connectivity index (χ3v) is 17.2. The highest BCUT2D eigenvalue weighted by Gasteiger charge is 2.44. The number of ether oxygens (including phenoxy) is 2. The summed E-state index contributed by atoms with van der Waals surface area (Å²) in [5.74, 6) is -0.142. The predicted octanol–water partition coefficient (Wildman–Crippen LogP) is 20.6. The maximum atomic E-state index is 13.2. The van der Waals surface area contributed by atoms with E-state index in [1.807, 2.05) is 0 Å². The summed E-state index contributed by atoms with van der Waals surface area (Å²) in [4.78, 5) is 13.2. The van der Waals surface area contributed by atoms with E-state index in [0.29, 0.717) is 12.8 Å². The summed E-state index contributed by atoms with van der Waals surface area (Å²) >= 11 is 0. The molecule has 0 radical (unpaired) electrons. The van der Waals surface area contributed by atoms with Gasteiger partial charge in [-0.05, 0) is 77.0 Å². The van der Waals surface area contributed by atoms with Gasteiger partial charge in [-0.25, -0.2) is 0 Å². The Labute approximate surface area is 536 Å². The van der Waals surface area contributed by atoms with Crippen molar-refractivity contribution in [3.8, 4) is 0 Å². The highest BCUT2D eigenvalue weighted by molar-refractivity contribution is 5.76. The van der Waals surface area contributed by atoms with Crippen LogP contribution in [0.5, 0.6) is 0 Å². The van der Waals surface area contributed by atoms with Crippen LogP contribution in [-0.2, 0) is 14.3 Å². The van der Waals surface area contributed by atoms with Gasteiger partial charge in [0.25, 0.3) is 0 Å². The summed E-state index contributed by atoms with van der Waals surface area (Å²) < 4.78 is 11.4. The molecule has 87 heavy (non-hydrogen) atoms. The fourth-order valence-electron chi connectivity index (χ4n) is 11.5. The van der Waals surface area contributed by atoms with Crippen LogP contribution in [0.1, 0.15) is 335 Å². The van der Waals surface area contributed by atoms with Gasteiger partial charge < -0.3 is 40.3 Å². The van der Waals surface area contributed by atoms with Gasteiger partial charge in [-0.1, -0.05) is 349 Å². The van der Waals surface area contributed by atoms with Crippen molar-refractivity contribution in [1.29, 1.82) is 0 Å². The summed E-state index contributed by atoms with van der Waals surface area (Å²) in [5.41, 5.74) is 0. The van der Waals surface area contributed by atoms with E-state index in [1.54, 1.807) is 0 Å². The number of allylic oxidation sites excluding steroid dienone is 16. The molecule has 7 atom stereocenters. The summed E-state index contributed by atoms with van der Waals surface area (Å²) in [6, 6.07) is -0.724. The first-order valence-electron chi connectivity index (χ1n) is 36.9. The number of aliphatic hydroxyl groups is 5. The largest absolute Gasteiger partial charge is 0.394 e. The molecule has 0 aromatic carbocycles. The number of unbranched alkanes of at least 4 members (excludes halogenated alkanes) is 38. The molecule has 1 aliphatic rings. The molecular formula is C78H139NO8. The topological polar surface area (TPSA) is 149 Å². The number of amides is 1. The van der Waals surface area contributed by atoms with Gasteiger partial charge in [-0.2, -0.15) is 0 Å². The minimum absolute atomic E-state index is 0.138. The Morgan fingerprint density at radius 3 is 1.06 bits per heavy atom. The molecule has 1 rings (SSSR count). The van der Waals surface area contributed by atoms with Crippen molar-refractivity contribution in [2.45, 2.75) is 378 Å². The van der Waals surface area contributed by atoms with Crippen LogP contribution in [0.25, 0.3) is 0 Å². The number of hydrogen-bond acceptors (Lipinski definition) is 8. The molecule has 1 amide bonds. The standard InChI is InChI=1S/C78H139NO8/c1-3-5-7-9-11-13-15-17-19-21-23-25-27-28-29-30-31-32-33-34-35-36-37-38-39-40-41-42-43-44-46-48-50-52-54-56-58-60-62-64-66-68-74(82)79-71(70-86-78-77(85)76(84)75(83)73(69-80)87-78)72(81)67-65-63-61-59-57-55-53-51-49-47-45-26-24-22-20-18-16-14-12-10-8-6-4-2/h5,7,11,13,17,19,23,25,28-29,31-32,34-35,37-38,71-73,75-78,80-81,83-85H,3-4,6,8-10,12,14-16,18,20-22,24,26-27,30,33,36,39-70H2,1-2H3,(H,79,82)/b7-5-,13-11-,19-17-,25-23-,29-28-,32-31-,35-34-,38-37-. The second-order valence-electron chi connectivity index (χ2n) is 25.4. The quantitative estimate of drug-likeness (QED) is 0.0261. The van der Waals surface area contributed by atoms with Gasteiger partial charge in [0.05, 0.1) is 25.4 Å². The molecule has 0 aromatic heterocycles. The van der Waals surface area contributed by atoms with Crippen molar-refractivity contribution in [3.63, 3.8) is 0 Å². The van der Waals surface area contributed by atoms with Crippen molar-refractivity contribution in [2.24, 2.45) is 0 Å². The third kappa shape index (κ3) is 54.6. The monoisotopic (exact) mass is 1220 g/mol. The zero-order chi connectivity index (χ0) is 62.8. The second-order valence-corrected chi connectivity index (χ2v) is 25.4. The molecular weight excluding hydrogens is 1080 g/mol. The van der Waals surface area contributed by atoms with E-state index in [0.717, 1.165) is 89.9 Å². The molecule has 7 unspecified atom stereocenters. The van der Waals surface area contributed by atoms with Gasteiger partial charge in [-0.3, -0.25) is 4.79 Å². The van der Waals surface area contributed by atoms with Gasteiger partial charge in [0.1, 0.15) is 24.4 Å². The molecule has 0 aromatic rings. The van der Waals surface area contributed by atoms with E-state index in [1.165, 1.54) is 218 Å². The summed E-state index contributed by atoms with van der Waals surface area (Å²) in [6.45, 7) is 3.76. The van der Waals surface area contributed by atoms with E-state index >= 15 is 0 Å². The van der Waals surface area contributed by atoms with Gasteiger partial charge in [0.15, 0.2) is 6.29 Å². The first-order chi connectivity index (χ1) is 42.8. The second kappa shape index (κ2) is 66.0. The highest BCUT2D eigenvalue weighted by Crippen LogP contribution is 2.24. The van der Waals surface area contributed by atoms with E-state index in [-0.39, 0.29) is 12.5 Å². The molecule has 1 saturated heterocycles. The summed E-state index contributed by atoms with van der Waals surface area (Å²) in [7, 11) is 0. The molecule has 0 saturated carbocycles. The number of carbonyl (C=O) groups excluding carboxylic acids is 1. The maximum Gasteiger partial charge on any atom is 0.220 e. The van der Waals surface area contributed by atoms with Crippen molar-refractivity contribution < 1.29 is 39.8 Å². The highest BCUT2D eigenvalue weighted by atomic mass is 16.7. The average molecular weight is 1220 g/mol. The normalized spacial score (nSPS) is 18.5. The van der Waals surface area contributed by atoms with Crippen LogP contribution >= 0.6 is 0 Å². The Kier molecular flexibility index (Phi) is 62.3. The lowest BCUT2D eigenvalue weighted by Gasteiger charge is -2.40. The Balaban J connectivity index is 2.08. The van der Waals surface area contributed by atoms with Crippen molar-refractivity contribution in [2.75, 3.05) is 13.2 Å². The van der Waals surface area contributed by atoms with Crippen LogP contribution in [0.4, 0.5) is 0 Å². The van der Waals surface area contributed by atoms with Crippen molar-refractivity contribution in [3.05, 3.63) is 97.2 Å². The zero-order valence-electron chi connectivity index (χ0n) is 56.5.